The molecule has 90 valence electrons. The summed E-state index contributed by atoms with van der Waals surface area (Å²) >= 11 is 0. The molecule has 0 fully saturated rings. The van der Waals surface area contributed by atoms with Crippen molar-refractivity contribution in [2.24, 2.45) is 0 Å². The van der Waals surface area contributed by atoms with E-state index in [1.54, 1.807) is 30.3 Å². The molecule has 2 rings (SSSR count). The Bertz CT molecular complexity index is 605. The fraction of sp³-hybridized carbons (Fsp3) is 0.0714. The van der Waals surface area contributed by atoms with E-state index < -0.39 is 5.82 Å². The van der Waals surface area contributed by atoms with Crippen LogP contribution in [0.4, 0.5) is 4.39 Å². The first kappa shape index (κ1) is 12.1. The zero-order valence-corrected chi connectivity index (χ0v) is 9.43. The summed E-state index contributed by atoms with van der Waals surface area (Å²) < 4.78 is 19.0. The van der Waals surface area contributed by atoms with Crippen molar-refractivity contribution in [1.29, 1.82) is 5.26 Å². The molecule has 0 unspecified atom stereocenters. The van der Waals surface area contributed by atoms with Gasteiger partial charge in [0.15, 0.2) is 11.6 Å². The van der Waals surface area contributed by atoms with E-state index >= 15 is 0 Å². The first-order valence-corrected chi connectivity index (χ1v) is 5.31. The van der Waals surface area contributed by atoms with Crippen LogP contribution in [0.2, 0.25) is 0 Å². The van der Waals surface area contributed by atoms with Crippen molar-refractivity contribution >= 4 is 0 Å². The van der Waals surface area contributed by atoms with Gasteiger partial charge in [0.2, 0.25) is 0 Å². The number of ether oxygens (including phenoxy) is 1. The van der Waals surface area contributed by atoms with Gasteiger partial charge in [0.1, 0.15) is 11.8 Å². The molecule has 0 aliphatic rings. The number of rotatable bonds is 3. The predicted molar refractivity (Wildman–Crippen MR) is 63.6 cm³/mol. The number of nitriles is 1. The molecule has 1 N–H and O–H groups in total. The van der Waals surface area contributed by atoms with Crippen molar-refractivity contribution in [3.05, 3.63) is 59.4 Å². The fourth-order valence-electron chi connectivity index (χ4n) is 1.55. The van der Waals surface area contributed by atoms with E-state index in [9.17, 15) is 4.39 Å². The molecule has 0 bridgehead atoms. The highest BCUT2D eigenvalue weighted by Crippen LogP contribution is 2.30. The molecule has 0 atom stereocenters. The van der Waals surface area contributed by atoms with E-state index in [4.69, 9.17) is 15.1 Å². The highest BCUT2D eigenvalue weighted by molar-refractivity contribution is 5.46. The molecule has 0 saturated carbocycles. The summed E-state index contributed by atoms with van der Waals surface area (Å²) in [6.45, 7) is -0.332. The van der Waals surface area contributed by atoms with Crippen molar-refractivity contribution in [1.82, 2.24) is 0 Å². The van der Waals surface area contributed by atoms with Crippen LogP contribution in [0.1, 0.15) is 11.1 Å². The van der Waals surface area contributed by atoms with Crippen molar-refractivity contribution < 1.29 is 14.2 Å². The Morgan fingerprint density at radius 2 is 1.94 bits per heavy atom. The lowest BCUT2D eigenvalue weighted by Gasteiger charge is -2.11. The topological polar surface area (TPSA) is 53.2 Å². The maximum Gasteiger partial charge on any atom is 0.168 e. The van der Waals surface area contributed by atoms with Crippen LogP contribution in [0.5, 0.6) is 11.5 Å². The fourth-order valence-corrected chi connectivity index (χ4v) is 1.55. The Kier molecular flexibility index (Phi) is 3.56. The number of aliphatic hydroxyl groups excluding tert-OH is 1. The normalized spacial score (nSPS) is 9.83. The van der Waals surface area contributed by atoms with Gasteiger partial charge in [-0.2, -0.15) is 5.26 Å². The second-order valence-electron chi connectivity index (χ2n) is 3.60. The van der Waals surface area contributed by atoms with Crippen LogP contribution in [0.25, 0.3) is 0 Å². The lowest BCUT2D eigenvalue weighted by atomic mass is 10.2. The molecular formula is C14H10FNO2. The predicted octanol–water partition coefficient (Wildman–Crippen LogP) is 2.98. The van der Waals surface area contributed by atoms with Crippen molar-refractivity contribution in [2.75, 3.05) is 0 Å². The first-order valence-electron chi connectivity index (χ1n) is 5.31. The number of nitrogens with zero attached hydrogens (tertiary/aromatic N) is 1. The third kappa shape index (κ3) is 2.31. The van der Waals surface area contributed by atoms with Gasteiger partial charge in [-0.1, -0.05) is 24.3 Å². The molecule has 3 nitrogen and oxygen atoms in total. The van der Waals surface area contributed by atoms with E-state index in [0.717, 1.165) is 0 Å². The third-order valence-corrected chi connectivity index (χ3v) is 2.44. The second-order valence-corrected chi connectivity index (χ2v) is 3.60. The van der Waals surface area contributed by atoms with Gasteiger partial charge < -0.3 is 9.84 Å². The molecule has 0 aromatic heterocycles. The Morgan fingerprint density at radius 3 is 2.67 bits per heavy atom. The van der Waals surface area contributed by atoms with Crippen LogP contribution >= 0.6 is 0 Å². The summed E-state index contributed by atoms with van der Waals surface area (Å²) in [4.78, 5) is 0. The standard InChI is InChI=1S/C14H10FNO2/c15-12-6-3-5-11(9-17)14(12)18-13-7-2-1-4-10(13)8-16/h1-7,17H,9H2. The molecule has 0 aliphatic carbocycles. The summed E-state index contributed by atoms with van der Waals surface area (Å²) in [5.41, 5.74) is 0.646. The van der Waals surface area contributed by atoms with E-state index in [2.05, 4.69) is 0 Å². The number of hydrogen-bond donors (Lipinski definition) is 1. The second kappa shape index (κ2) is 5.30. The lowest BCUT2D eigenvalue weighted by molar-refractivity contribution is 0.274. The summed E-state index contributed by atoms with van der Waals surface area (Å²) in [6.07, 6.45) is 0. The maximum atomic E-state index is 13.6. The van der Waals surface area contributed by atoms with Gasteiger partial charge in [0.25, 0.3) is 0 Å². The Hall–Kier alpha value is -2.38. The first-order chi connectivity index (χ1) is 8.76. The molecule has 2 aromatic rings. The minimum absolute atomic E-state index is 0.0531. The number of para-hydroxylation sites is 2. The number of aliphatic hydroxyl groups is 1. The molecule has 0 amide bonds. The summed E-state index contributed by atoms with van der Waals surface area (Å²) in [5, 5.41) is 18.1. The van der Waals surface area contributed by atoms with E-state index in [1.807, 2.05) is 6.07 Å². The van der Waals surface area contributed by atoms with Crippen LogP contribution < -0.4 is 4.74 Å². The lowest BCUT2D eigenvalue weighted by Crippen LogP contribution is -1.96. The highest BCUT2D eigenvalue weighted by atomic mass is 19.1. The van der Waals surface area contributed by atoms with Crippen LogP contribution in [0.3, 0.4) is 0 Å². The molecule has 0 aliphatic heterocycles. The van der Waals surface area contributed by atoms with Crippen LogP contribution in [-0.2, 0) is 6.61 Å². The molecule has 0 spiro atoms. The summed E-state index contributed by atoms with van der Waals surface area (Å²) in [5.74, 6) is -0.364. The molecule has 0 heterocycles. The molecular weight excluding hydrogens is 233 g/mol. The molecule has 4 heteroatoms. The summed E-state index contributed by atoms with van der Waals surface area (Å²) in [7, 11) is 0. The number of benzene rings is 2. The van der Waals surface area contributed by atoms with Crippen molar-refractivity contribution in [3.8, 4) is 17.6 Å². The smallest absolute Gasteiger partial charge is 0.168 e. The molecule has 18 heavy (non-hydrogen) atoms. The van der Waals surface area contributed by atoms with Crippen LogP contribution in [0.15, 0.2) is 42.5 Å². The van der Waals surface area contributed by atoms with Crippen LogP contribution in [0, 0.1) is 17.1 Å². The van der Waals surface area contributed by atoms with Crippen LogP contribution in [-0.4, -0.2) is 5.11 Å². The quantitative estimate of drug-likeness (QED) is 0.901. The average molecular weight is 243 g/mol. The largest absolute Gasteiger partial charge is 0.453 e. The zero-order chi connectivity index (χ0) is 13.0. The molecule has 0 radical (unpaired) electrons. The van der Waals surface area contributed by atoms with Gasteiger partial charge in [-0.15, -0.1) is 0 Å². The Labute approximate surface area is 104 Å². The monoisotopic (exact) mass is 243 g/mol. The SMILES string of the molecule is N#Cc1ccccc1Oc1c(F)cccc1CO. The Balaban J connectivity index is 2.43. The highest BCUT2D eigenvalue weighted by Gasteiger charge is 2.12. The van der Waals surface area contributed by atoms with Gasteiger partial charge in [-0.3, -0.25) is 0 Å². The average Bonchev–Trinajstić information content (AvgIpc) is 2.41. The van der Waals surface area contributed by atoms with E-state index in [1.165, 1.54) is 12.1 Å². The van der Waals surface area contributed by atoms with Gasteiger partial charge in [0.05, 0.1) is 12.2 Å². The van der Waals surface area contributed by atoms with Gasteiger partial charge in [-0.05, 0) is 18.2 Å². The number of hydrogen-bond acceptors (Lipinski definition) is 3. The van der Waals surface area contributed by atoms with Gasteiger partial charge in [-0.25, -0.2) is 4.39 Å². The van der Waals surface area contributed by atoms with Gasteiger partial charge >= 0.3 is 0 Å². The van der Waals surface area contributed by atoms with Gasteiger partial charge in [0, 0.05) is 5.56 Å². The molecule has 0 saturated heterocycles. The molecule has 2 aromatic carbocycles. The van der Waals surface area contributed by atoms with E-state index in [0.29, 0.717) is 11.1 Å². The number of halogens is 1. The van der Waals surface area contributed by atoms with Crippen molar-refractivity contribution in [3.63, 3.8) is 0 Å². The third-order valence-electron chi connectivity index (χ3n) is 2.44. The minimum Gasteiger partial charge on any atom is -0.453 e. The summed E-state index contributed by atoms with van der Waals surface area (Å²) in [6, 6.07) is 12.8. The maximum absolute atomic E-state index is 13.6. The zero-order valence-electron chi connectivity index (χ0n) is 9.43. The minimum atomic E-state index is -0.575. The van der Waals surface area contributed by atoms with E-state index in [-0.39, 0.29) is 18.1 Å². The Morgan fingerprint density at radius 1 is 1.17 bits per heavy atom. The van der Waals surface area contributed by atoms with Crippen molar-refractivity contribution in [2.45, 2.75) is 6.61 Å².